The van der Waals surface area contributed by atoms with E-state index < -0.39 is 5.60 Å². The zero-order chi connectivity index (χ0) is 19.6. The predicted molar refractivity (Wildman–Crippen MR) is 104 cm³/mol. The Morgan fingerprint density at radius 1 is 1.04 bits per heavy atom. The molecule has 0 heterocycles. The first-order chi connectivity index (χ1) is 12.6. The van der Waals surface area contributed by atoms with Crippen LogP contribution in [0.25, 0.3) is 0 Å². The molecule has 0 spiro atoms. The van der Waals surface area contributed by atoms with E-state index in [0.717, 1.165) is 57.8 Å². The number of hydrogen-bond donors (Lipinski definition) is 2. The number of hydrogen-bond acceptors (Lipinski definition) is 4. The highest BCUT2D eigenvalue weighted by atomic mass is 16.5. The van der Waals surface area contributed by atoms with Gasteiger partial charge in [0.2, 0.25) is 0 Å². The van der Waals surface area contributed by atoms with Crippen LogP contribution in [0.5, 0.6) is 0 Å². The maximum atomic E-state index is 12.0. The van der Waals surface area contributed by atoms with Gasteiger partial charge in [0.15, 0.2) is 0 Å². The van der Waals surface area contributed by atoms with Gasteiger partial charge >= 0.3 is 5.97 Å². The Balaban J connectivity index is 1.58. The monoisotopic (exact) mass is 378 g/mol. The number of ether oxygens (including phenoxy) is 1. The van der Waals surface area contributed by atoms with Gasteiger partial charge in [-0.25, -0.2) is 0 Å². The Hall–Kier alpha value is -0.610. The van der Waals surface area contributed by atoms with Gasteiger partial charge in [0, 0.05) is 12.3 Å². The van der Waals surface area contributed by atoms with Crippen molar-refractivity contribution in [2.75, 3.05) is 0 Å². The van der Waals surface area contributed by atoms with Crippen molar-refractivity contribution >= 4 is 5.97 Å². The molecule has 0 aliphatic heterocycles. The zero-order valence-corrected chi connectivity index (χ0v) is 17.5. The number of fused-ring (bicyclic) bond motifs is 5. The number of carbonyl (C=O) groups excluding carboxylic acids is 1. The fourth-order valence-corrected chi connectivity index (χ4v) is 8.34. The SMILES string of the molecule is CC(=O)O[C@H]1CC[C@@]2(C)[C@H](CC[C@@H]3[C@@H]2CC[C@]2(C)[C@@H]([C@H](C)O)CC[C@]32O)C1. The molecule has 0 saturated heterocycles. The van der Waals surface area contributed by atoms with E-state index >= 15 is 0 Å². The van der Waals surface area contributed by atoms with Crippen molar-refractivity contribution < 1.29 is 19.7 Å². The van der Waals surface area contributed by atoms with Crippen molar-refractivity contribution in [3.63, 3.8) is 0 Å². The first-order valence-electron chi connectivity index (χ1n) is 11.2. The van der Waals surface area contributed by atoms with Gasteiger partial charge in [-0.3, -0.25) is 4.79 Å². The third-order valence-electron chi connectivity index (χ3n) is 9.79. The van der Waals surface area contributed by atoms with Gasteiger partial charge in [-0.1, -0.05) is 13.8 Å². The molecule has 154 valence electrons. The molecule has 0 unspecified atom stereocenters. The lowest BCUT2D eigenvalue weighted by molar-refractivity contribution is -0.216. The minimum Gasteiger partial charge on any atom is -0.463 e. The molecule has 4 aliphatic carbocycles. The lowest BCUT2D eigenvalue weighted by atomic mass is 9.43. The summed E-state index contributed by atoms with van der Waals surface area (Å²) >= 11 is 0. The van der Waals surface area contributed by atoms with Gasteiger partial charge in [0.1, 0.15) is 6.10 Å². The Bertz CT molecular complexity index is 603. The van der Waals surface area contributed by atoms with Crippen molar-refractivity contribution in [2.24, 2.45) is 34.5 Å². The topological polar surface area (TPSA) is 66.8 Å². The second kappa shape index (κ2) is 6.45. The third kappa shape index (κ3) is 2.73. The minimum absolute atomic E-state index is 0.0835. The van der Waals surface area contributed by atoms with Crippen LogP contribution in [-0.4, -0.2) is 34.0 Å². The molecule has 0 amide bonds. The number of esters is 1. The first-order valence-corrected chi connectivity index (χ1v) is 11.2. The Morgan fingerprint density at radius 2 is 1.78 bits per heavy atom. The molecule has 0 aromatic heterocycles. The average molecular weight is 379 g/mol. The Morgan fingerprint density at radius 3 is 2.44 bits per heavy atom. The summed E-state index contributed by atoms with van der Waals surface area (Å²) in [5, 5.41) is 22.3. The fourth-order valence-electron chi connectivity index (χ4n) is 8.34. The fraction of sp³-hybridized carbons (Fsp3) is 0.957. The summed E-state index contributed by atoms with van der Waals surface area (Å²) in [4.78, 5) is 11.4. The standard InChI is InChI=1S/C23H38O4/c1-14(24)18-9-12-23(26)20-6-5-16-13-17(27-15(2)25)7-10-21(16,3)19(20)8-11-22(18,23)4/h14,16-20,24,26H,5-13H2,1-4H3/t14-,16+,17-,18+,19-,20+,21-,22+,23-/m0/s1. The van der Waals surface area contributed by atoms with Crippen molar-refractivity contribution in [3.05, 3.63) is 0 Å². The molecule has 0 radical (unpaired) electrons. The summed E-state index contributed by atoms with van der Waals surface area (Å²) in [6.45, 7) is 8.12. The van der Waals surface area contributed by atoms with E-state index in [9.17, 15) is 15.0 Å². The summed E-state index contributed by atoms with van der Waals surface area (Å²) in [6.07, 6.45) is 8.99. The van der Waals surface area contributed by atoms with Gasteiger partial charge in [0.25, 0.3) is 0 Å². The Labute approximate surface area is 164 Å². The molecule has 2 N–H and O–H groups in total. The van der Waals surface area contributed by atoms with Crippen molar-refractivity contribution in [1.82, 2.24) is 0 Å². The van der Waals surface area contributed by atoms with Crippen molar-refractivity contribution in [1.29, 1.82) is 0 Å². The molecule has 4 fully saturated rings. The van der Waals surface area contributed by atoms with Crippen LogP contribution in [0.4, 0.5) is 0 Å². The summed E-state index contributed by atoms with van der Waals surface area (Å²) in [7, 11) is 0. The summed E-state index contributed by atoms with van der Waals surface area (Å²) < 4.78 is 5.55. The maximum Gasteiger partial charge on any atom is 0.302 e. The van der Waals surface area contributed by atoms with Gasteiger partial charge in [-0.15, -0.1) is 0 Å². The van der Waals surface area contributed by atoms with E-state index in [1.54, 1.807) is 0 Å². The Kier molecular flexibility index (Phi) is 4.71. The average Bonchev–Trinajstić information content (AvgIpc) is 2.86. The molecule has 4 nitrogen and oxygen atoms in total. The van der Waals surface area contributed by atoms with Gasteiger partial charge in [-0.05, 0) is 93.8 Å². The summed E-state index contributed by atoms with van der Waals surface area (Å²) in [5.41, 5.74) is -0.529. The molecule has 0 aromatic rings. The lowest BCUT2D eigenvalue weighted by Gasteiger charge is -2.63. The third-order valence-corrected chi connectivity index (χ3v) is 9.79. The number of aliphatic hydroxyl groups is 2. The molecule has 0 bridgehead atoms. The van der Waals surface area contributed by atoms with Gasteiger partial charge in [-0.2, -0.15) is 0 Å². The van der Waals surface area contributed by atoms with Gasteiger partial charge < -0.3 is 14.9 Å². The van der Waals surface area contributed by atoms with Crippen molar-refractivity contribution in [3.8, 4) is 0 Å². The molecule has 4 heteroatoms. The number of aliphatic hydroxyl groups excluding tert-OH is 1. The van der Waals surface area contributed by atoms with Crippen LogP contribution in [0.2, 0.25) is 0 Å². The first kappa shape index (κ1) is 19.7. The smallest absolute Gasteiger partial charge is 0.302 e. The lowest BCUT2D eigenvalue weighted by Crippen LogP contribution is -2.62. The molecule has 0 aromatic carbocycles. The van der Waals surface area contributed by atoms with E-state index in [1.165, 1.54) is 6.92 Å². The predicted octanol–water partition coefficient (Wildman–Crippen LogP) is 4.07. The highest BCUT2D eigenvalue weighted by molar-refractivity contribution is 5.66. The van der Waals surface area contributed by atoms with Crippen LogP contribution in [-0.2, 0) is 9.53 Å². The zero-order valence-electron chi connectivity index (χ0n) is 17.5. The molecule has 4 rings (SSSR count). The molecule has 4 aliphatic rings. The minimum atomic E-state index is -0.627. The highest BCUT2D eigenvalue weighted by Crippen LogP contribution is 2.69. The van der Waals surface area contributed by atoms with Gasteiger partial charge in [0.05, 0.1) is 11.7 Å². The van der Waals surface area contributed by atoms with Crippen molar-refractivity contribution in [2.45, 2.75) is 103 Å². The molecule has 4 saturated carbocycles. The van der Waals surface area contributed by atoms with Crippen LogP contribution in [0.15, 0.2) is 0 Å². The van der Waals surface area contributed by atoms with Crippen LogP contribution in [0, 0.1) is 34.5 Å². The second-order valence-corrected chi connectivity index (χ2v) is 10.8. The van der Waals surface area contributed by atoms with E-state index in [1.807, 2.05) is 6.92 Å². The molecular formula is C23H38O4. The molecule has 9 atom stereocenters. The van der Waals surface area contributed by atoms with E-state index in [4.69, 9.17) is 4.74 Å². The van der Waals surface area contributed by atoms with E-state index in [0.29, 0.717) is 17.8 Å². The largest absolute Gasteiger partial charge is 0.463 e. The van der Waals surface area contributed by atoms with Crippen LogP contribution < -0.4 is 0 Å². The van der Waals surface area contributed by atoms with E-state index in [2.05, 4.69) is 13.8 Å². The second-order valence-electron chi connectivity index (χ2n) is 10.8. The summed E-state index contributed by atoms with van der Waals surface area (Å²) in [5.74, 6) is 1.56. The summed E-state index contributed by atoms with van der Waals surface area (Å²) in [6, 6.07) is 0. The number of rotatable bonds is 2. The van der Waals surface area contributed by atoms with Crippen LogP contribution in [0.3, 0.4) is 0 Å². The number of carbonyl (C=O) groups is 1. The molecule has 27 heavy (non-hydrogen) atoms. The van der Waals surface area contributed by atoms with E-state index in [-0.39, 0.29) is 34.9 Å². The normalized spacial score (nSPS) is 53.0. The maximum absolute atomic E-state index is 12.0. The van der Waals surface area contributed by atoms with Crippen LogP contribution >= 0.6 is 0 Å². The quantitative estimate of drug-likeness (QED) is 0.711. The van der Waals surface area contributed by atoms with Crippen LogP contribution in [0.1, 0.15) is 85.5 Å². The molecular weight excluding hydrogens is 340 g/mol. The highest BCUT2D eigenvalue weighted by Gasteiger charge is 2.67.